The minimum atomic E-state index is -4.09. The summed E-state index contributed by atoms with van der Waals surface area (Å²) < 4.78 is 67.3. The van der Waals surface area contributed by atoms with Crippen molar-refractivity contribution in [1.82, 2.24) is 0 Å². The van der Waals surface area contributed by atoms with E-state index in [4.69, 9.17) is 23.2 Å². The number of rotatable bonds is 5. The minimum Gasteiger partial charge on any atom is -0.322 e. The summed E-state index contributed by atoms with van der Waals surface area (Å²) >= 11 is 11.7. The molecule has 11 heteroatoms. The molecular formula is C19H11Cl2F3N2O3S. The van der Waals surface area contributed by atoms with Crippen LogP contribution in [0.5, 0.6) is 0 Å². The minimum absolute atomic E-state index is 0.103. The van der Waals surface area contributed by atoms with E-state index in [1.54, 1.807) is 0 Å². The van der Waals surface area contributed by atoms with Crippen molar-refractivity contribution in [1.29, 1.82) is 0 Å². The Morgan fingerprint density at radius 1 is 0.833 bits per heavy atom. The molecule has 0 atom stereocenters. The van der Waals surface area contributed by atoms with E-state index >= 15 is 0 Å². The molecule has 0 spiro atoms. The molecule has 156 valence electrons. The van der Waals surface area contributed by atoms with E-state index < -0.39 is 33.4 Å². The van der Waals surface area contributed by atoms with Crippen molar-refractivity contribution in [2.75, 3.05) is 10.0 Å². The summed E-state index contributed by atoms with van der Waals surface area (Å²) in [6.07, 6.45) is 0. The quantitative estimate of drug-likeness (QED) is 0.481. The van der Waals surface area contributed by atoms with Gasteiger partial charge in [-0.05, 0) is 42.5 Å². The van der Waals surface area contributed by atoms with Crippen molar-refractivity contribution >= 4 is 50.5 Å². The first-order chi connectivity index (χ1) is 14.1. The topological polar surface area (TPSA) is 75.3 Å². The molecule has 3 aromatic rings. The van der Waals surface area contributed by atoms with Crippen molar-refractivity contribution in [3.63, 3.8) is 0 Å². The number of sulfonamides is 1. The van der Waals surface area contributed by atoms with Gasteiger partial charge in [-0.2, -0.15) is 0 Å². The van der Waals surface area contributed by atoms with Crippen LogP contribution >= 0.6 is 23.2 Å². The first kappa shape index (κ1) is 21.9. The molecule has 1 amide bonds. The van der Waals surface area contributed by atoms with Gasteiger partial charge in [-0.1, -0.05) is 23.2 Å². The fraction of sp³-hybridized carbons (Fsp3) is 0. The Morgan fingerprint density at radius 2 is 1.40 bits per heavy atom. The summed E-state index contributed by atoms with van der Waals surface area (Å²) in [5.41, 5.74) is -0.747. The number of halogens is 5. The maximum absolute atomic E-state index is 13.4. The number of carbonyl (C=O) groups is 1. The van der Waals surface area contributed by atoms with Gasteiger partial charge in [0.25, 0.3) is 15.9 Å². The van der Waals surface area contributed by atoms with Crippen LogP contribution in [0, 0.1) is 17.5 Å². The molecule has 0 aromatic heterocycles. The zero-order valence-electron chi connectivity index (χ0n) is 14.7. The molecule has 3 aromatic carbocycles. The summed E-state index contributed by atoms with van der Waals surface area (Å²) in [5, 5.41) is 2.61. The highest BCUT2D eigenvalue weighted by Gasteiger charge is 2.20. The molecule has 0 aliphatic heterocycles. The van der Waals surface area contributed by atoms with Gasteiger partial charge < -0.3 is 5.32 Å². The van der Waals surface area contributed by atoms with Crippen molar-refractivity contribution in [3.05, 3.63) is 87.7 Å². The predicted octanol–water partition coefficient (Wildman–Crippen LogP) is 5.46. The van der Waals surface area contributed by atoms with Gasteiger partial charge in [-0.3, -0.25) is 9.52 Å². The Bertz CT molecular complexity index is 1210. The number of benzene rings is 3. The van der Waals surface area contributed by atoms with Gasteiger partial charge in [-0.25, -0.2) is 21.6 Å². The highest BCUT2D eigenvalue weighted by Crippen LogP contribution is 2.26. The average Bonchev–Trinajstić information content (AvgIpc) is 2.67. The van der Waals surface area contributed by atoms with E-state index in [0.717, 1.165) is 6.07 Å². The molecule has 0 bridgehead atoms. The van der Waals surface area contributed by atoms with Gasteiger partial charge in [0.1, 0.15) is 0 Å². The molecule has 0 aliphatic rings. The largest absolute Gasteiger partial charge is 0.322 e. The van der Waals surface area contributed by atoms with Crippen LogP contribution < -0.4 is 10.0 Å². The van der Waals surface area contributed by atoms with Gasteiger partial charge in [0.15, 0.2) is 17.5 Å². The smallest absolute Gasteiger partial charge is 0.261 e. The number of anilines is 2. The Hall–Kier alpha value is -2.75. The van der Waals surface area contributed by atoms with Crippen LogP contribution in [-0.4, -0.2) is 14.3 Å². The van der Waals surface area contributed by atoms with E-state index in [1.807, 2.05) is 0 Å². The normalized spacial score (nSPS) is 11.2. The molecule has 0 saturated heterocycles. The standard InChI is InChI=1S/C19H11Cl2F3N2O3S/c20-10-1-4-13(5-2-10)30(28,29)26-17-6-3-11(21)7-14(17)19(27)25-12-8-15(22)18(24)16(23)9-12/h1-9,26H,(H,25,27). The molecule has 0 aliphatic carbocycles. The molecule has 0 radical (unpaired) electrons. The van der Waals surface area contributed by atoms with Crippen LogP contribution in [0.3, 0.4) is 0 Å². The van der Waals surface area contributed by atoms with Crippen molar-refractivity contribution in [2.24, 2.45) is 0 Å². The predicted molar refractivity (Wildman–Crippen MR) is 108 cm³/mol. The van der Waals surface area contributed by atoms with Crippen molar-refractivity contribution in [2.45, 2.75) is 4.90 Å². The van der Waals surface area contributed by atoms with Gasteiger partial charge in [-0.15, -0.1) is 0 Å². The summed E-state index contributed by atoms with van der Waals surface area (Å²) in [6.45, 7) is 0. The van der Waals surface area contributed by atoms with Gasteiger partial charge in [0.2, 0.25) is 0 Å². The third-order valence-corrected chi connectivity index (χ3v) is 5.70. The van der Waals surface area contributed by atoms with Crippen LogP contribution in [0.25, 0.3) is 0 Å². The molecule has 0 heterocycles. The van der Waals surface area contributed by atoms with E-state index in [0.29, 0.717) is 17.2 Å². The first-order valence-corrected chi connectivity index (χ1v) is 10.3. The highest BCUT2D eigenvalue weighted by atomic mass is 35.5. The zero-order chi connectivity index (χ0) is 22.1. The lowest BCUT2D eigenvalue weighted by Gasteiger charge is -2.14. The third-order valence-electron chi connectivity index (χ3n) is 3.84. The molecule has 5 nitrogen and oxygen atoms in total. The lowest BCUT2D eigenvalue weighted by Crippen LogP contribution is -2.19. The molecule has 30 heavy (non-hydrogen) atoms. The van der Waals surface area contributed by atoms with E-state index in [-0.39, 0.29) is 26.9 Å². The maximum Gasteiger partial charge on any atom is 0.261 e. The Labute approximate surface area is 179 Å². The fourth-order valence-electron chi connectivity index (χ4n) is 2.44. The summed E-state index contributed by atoms with van der Waals surface area (Å²) in [5.74, 6) is -5.62. The molecule has 0 saturated carbocycles. The van der Waals surface area contributed by atoms with Crippen LogP contribution in [-0.2, 0) is 10.0 Å². The Kier molecular flexibility index (Phi) is 6.25. The second kappa shape index (κ2) is 8.55. The van der Waals surface area contributed by atoms with Crippen LogP contribution in [0.1, 0.15) is 10.4 Å². The Balaban J connectivity index is 1.93. The Morgan fingerprint density at radius 3 is 2.00 bits per heavy atom. The van der Waals surface area contributed by atoms with Gasteiger partial charge in [0.05, 0.1) is 16.1 Å². The van der Waals surface area contributed by atoms with Crippen LogP contribution in [0.2, 0.25) is 10.0 Å². The monoisotopic (exact) mass is 474 g/mol. The number of hydrogen-bond donors (Lipinski definition) is 2. The molecule has 3 rings (SSSR count). The second-order valence-corrected chi connectivity index (χ2v) is 8.51. The van der Waals surface area contributed by atoms with Gasteiger partial charge in [0, 0.05) is 27.9 Å². The number of nitrogens with one attached hydrogen (secondary N) is 2. The lowest BCUT2D eigenvalue weighted by molar-refractivity contribution is 0.102. The fourth-order valence-corrected chi connectivity index (χ4v) is 3.81. The van der Waals surface area contributed by atoms with E-state index in [2.05, 4.69) is 10.0 Å². The maximum atomic E-state index is 13.4. The van der Waals surface area contributed by atoms with Crippen molar-refractivity contribution < 1.29 is 26.4 Å². The van der Waals surface area contributed by atoms with Gasteiger partial charge >= 0.3 is 0 Å². The zero-order valence-corrected chi connectivity index (χ0v) is 17.0. The summed E-state index contributed by atoms with van der Waals surface area (Å²) in [7, 11) is -4.09. The SMILES string of the molecule is O=C(Nc1cc(F)c(F)c(F)c1)c1cc(Cl)ccc1NS(=O)(=O)c1ccc(Cl)cc1. The molecule has 0 unspecified atom stereocenters. The number of amides is 1. The first-order valence-electron chi connectivity index (χ1n) is 8.10. The average molecular weight is 475 g/mol. The third kappa shape index (κ3) is 4.86. The van der Waals surface area contributed by atoms with Crippen LogP contribution in [0.15, 0.2) is 59.5 Å². The molecule has 0 fully saturated rings. The summed E-state index contributed by atoms with van der Waals surface area (Å²) in [4.78, 5) is 12.5. The summed E-state index contributed by atoms with van der Waals surface area (Å²) in [6, 6.07) is 10.2. The van der Waals surface area contributed by atoms with Crippen molar-refractivity contribution in [3.8, 4) is 0 Å². The lowest BCUT2D eigenvalue weighted by atomic mass is 10.1. The van der Waals surface area contributed by atoms with Crippen LogP contribution in [0.4, 0.5) is 24.5 Å². The molecule has 2 N–H and O–H groups in total. The molecular weight excluding hydrogens is 464 g/mol. The van der Waals surface area contributed by atoms with E-state index in [1.165, 1.54) is 36.4 Å². The number of carbonyl (C=O) groups excluding carboxylic acids is 1. The highest BCUT2D eigenvalue weighted by molar-refractivity contribution is 7.92. The number of hydrogen-bond acceptors (Lipinski definition) is 3. The second-order valence-electron chi connectivity index (χ2n) is 5.96. The van der Waals surface area contributed by atoms with E-state index in [9.17, 15) is 26.4 Å².